The summed E-state index contributed by atoms with van der Waals surface area (Å²) in [5, 5.41) is 14.2. The van der Waals surface area contributed by atoms with E-state index in [2.05, 4.69) is 18.1 Å². The van der Waals surface area contributed by atoms with Crippen LogP contribution >= 0.6 is 11.8 Å². The summed E-state index contributed by atoms with van der Waals surface area (Å²) in [5.41, 5.74) is 2.53. The number of nitriles is 1. The topological polar surface area (TPSA) is 58.2 Å². The van der Waals surface area contributed by atoms with Crippen molar-refractivity contribution in [1.82, 2.24) is 9.61 Å². The highest BCUT2D eigenvalue weighted by molar-refractivity contribution is 8.00. The van der Waals surface area contributed by atoms with E-state index < -0.39 is 0 Å². The molecule has 0 saturated heterocycles. The van der Waals surface area contributed by atoms with Gasteiger partial charge in [0.1, 0.15) is 22.4 Å². The maximum atomic E-state index is 11.0. The maximum Gasteiger partial charge on any atom is 0.140 e. The first-order chi connectivity index (χ1) is 8.65. The summed E-state index contributed by atoms with van der Waals surface area (Å²) >= 11 is 1.31. The Morgan fingerprint density at radius 3 is 3.00 bits per heavy atom. The molecule has 0 N–H and O–H groups in total. The zero-order chi connectivity index (χ0) is 13.1. The van der Waals surface area contributed by atoms with Crippen molar-refractivity contribution in [2.45, 2.75) is 25.3 Å². The third-order valence-corrected chi connectivity index (χ3v) is 3.71. The molecule has 0 aliphatic heterocycles. The zero-order valence-corrected chi connectivity index (χ0v) is 11.1. The van der Waals surface area contributed by atoms with Crippen LogP contribution in [0, 0.1) is 11.3 Å². The number of aryl methyl sites for hydroxylation is 1. The number of thioether (sulfide) groups is 1. The lowest BCUT2D eigenvalue weighted by atomic mass is 10.2. The van der Waals surface area contributed by atoms with Crippen molar-refractivity contribution in [3.05, 3.63) is 29.5 Å². The van der Waals surface area contributed by atoms with E-state index in [1.165, 1.54) is 24.2 Å². The number of nitrogens with zero attached hydrogens (tertiary/aromatic N) is 3. The van der Waals surface area contributed by atoms with E-state index in [-0.39, 0.29) is 5.78 Å². The molecule has 0 aliphatic carbocycles. The van der Waals surface area contributed by atoms with Gasteiger partial charge in [-0.3, -0.25) is 4.79 Å². The second-order valence-electron chi connectivity index (χ2n) is 4.00. The molecule has 0 aliphatic rings. The third kappa shape index (κ3) is 2.39. The molecule has 2 aromatic rings. The first-order valence-corrected chi connectivity index (χ1v) is 6.68. The summed E-state index contributed by atoms with van der Waals surface area (Å²) in [6.07, 6.45) is 2.77. The fourth-order valence-corrected chi connectivity index (χ4v) is 2.44. The summed E-state index contributed by atoms with van der Waals surface area (Å²) in [7, 11) is 0. The van der Waals surface area contributed by atoms with Crippen LogP contribution in [-0.2, 0) is 11.2 Å². The average molecular weight is 259 g/mol. The van der Waals surface area contributed by atoms with Crippen LogP contribution in [0.1, 0.15) is 25.0 Å². The Hall–Kier alpha value is -1.80. The summed E-state index contributed by atoms with van der Waals surface area (Å²) in [4.78, 5) is 11.0. The van der Waals surface area contributed by atoms with Crippen molar-refractivity contribution in [3.8, 4) is 6.07 Å². The second-order valence-corrected chi connectivity index (χ2v) is 4.97. The largest absolute Gasteiger partial charge is 0.299 e. The van der Waals surface area contributed by atoms with Gasteiger partial charge in [-0.2, -0.15) is 10.4 Å². The van der Waals surface area contributed by atoms with Gasteiger partial charge in [0.15, 0.2) is 0 Å². The molecule has 92 valence electrons. The standard InChI is InChI=1S/C13H13N3OS/c1-3-10-4-5-16-12(6-10)11(7-14)13(15-16)18-8-9(2)17/h4-6H,3,8H2,1-2H3. The second kappa shape index (κ2) is 5.23. The van der Waals surface area contributed by atoms with E-state index in [9.17, 15) is 10.1 Å². The predicted molar refractivity (Wildman–Crippen MR) is 70.7 cm³/mol. The van der Waals surface area contributed by atoms with E-state index >= 15 is 0 Å². The van der Waals surface area contributed by atoms with Crippen LogP contribution in [0.5, 0.6) is 0 Å². The van der Waals surface area contributed by atoms with Crippen molar-refractivity contribution in [1.29, 1.82) is 5.26 Å². The SMILES string of the molecule is CCc1ccn2nc(SCC(C)=O)c(C#N)c2c1. The lowest BCUT2D eigenvalue weighted by molar-refractivity contribution is -0.114. The van der Waals surface area contributed by atoms with Gasteiger partial charge in [0.25, 0.3) is 0 Å². The minimum Gasteiger partial charge on any atom is -0.299 e. The van der Waals surface area contributed by atoms with Crippen molar-refractivity contribution in [2.75, 3.05) is 5.75 Å². The highest BCUT2D eigenvalue weighted by Crippen LogP contribution is 2.25. The van der Waals surface area contributed by atoms with Crippen molar-refractivity contribution >= 4 is 23.1 Å². The van der Waals surface area contributed by atoms with Crippen LogP contribution in [0.25, 0.3) is 5.52 Å². The number of hydrogen-bond acceptors (Lipinski definition) is 4. The number of hydrogen-bond donors (Lipinski definition) is 0. The molecule has 0 unspecified atom stereocenters. The number of carbonyl (C=O) groups is 1. The van der Waals surface area contributed by atoms with Gasteiger partial charge in [-0.25, -0.2) is 4.52 Å². The lowest BCUT2D eigenvalue weighted by Gasteiger charge is -1.97. The van der Waals surface area contributed by atoms with Gasteiger partial charge in [0, 0.05) is 6.20 Å². The van der Waals surface area contributed by atoms with E-state index in [0.29, 0.717) is 16.3 Å². The highest BCUT2D eigenvalue weighted by Gasteiger charge is 2.13. The quantitative estimate of drug-likeness (QED) is 0.791. The van der Waals surface area contributed by atoms with E-state index in [4.69, 9.17) is 0 Å². The summed E-state index contributed by atoms with van der Waals surface area (Å²) in [6.45, 7) is 3.60. The first-order valence-electron chi connectivity index (χ1n) is 5.69. The molecule has 0 radical (unpaired) electrons. The average Bonchev–Trinajstić information content (AvgIpc) is 2.72. The lowest BCUT2D eigenvalue weighted by Crippen LogP contribution is -1.93. The van der Waals surface area contributed by atoms with Crippen LogP contribution < -0.4 is 0 Å². The van der Waals surface area contributed by atoms with Crippen molar-refractivity contribution in [2.24, 2.45) is 0 Å². The number of carbonyl (C=O) groups excluding carboxylic acids is 1. The summed E-state index contributed by atoms with van der Waals surface area (Å²) in [5.74, 6) is 0.425. The third-order valence-electron chi connectivity index (χ3n) is 2.60. The van der Waals surface area contributed by atoms with E-state index in [0.717, 1.165) is 11.9 Å². The highest BCUT2D eigenvalue weighted by atomic mass is 32.2. The molecule has 0 atom stereocenters. The number of aromatic nitrogens is 2. The smallest absolute Gasteiger partial charge is 0.140 e. The normalized spacial score (nSPS) is 10.5. The van der Waals surface area contributed by atoms with Gasteiger partial charge in [0.2, 0.25) is 0 Å². The van der Waals surface area contributed by atoms with Crippen LogP contribution in [0.3, 0.4) is 0 Å². The molecule has 2 heterocycles. The fraction of sp³-hybridized carbons (Fsp3) is 0.308. The van der Waals surface area contributed by atoms with E-state index in [1.54, 1.807) is 4.52 Å². The van der Waals surface area contributed by atoms with Crippen LogP contribution in [-0.4, -0.2) is 21.2 Å². The molecular weight excluding hydrogens is 246 g/mol. The molecule has 0 spiro atoms. The molecule has 0 aromatic carbocycles. The Labute approximate surface area is 110 Å². The van der Waals surface area contributed by atoms with Gasteiger partial charge in [-0.05, 0) is 31.0 Å². The first kappa shape index (κ1) is 12.7. The van der Waals surface area contributed by atoms with Gasteiger partial charge in [-0.15, -0.1) is 0 Å². The number of fused-ring (bicyclic) bond motifs is 1. The van der Waals surface area contributed by atoms with Crippen LogP contribution in [0.2, 0.25) is 0 Å². The molecule has 0 bridgehead atoms. The van der Waals surface area contributed by atoms with Crippen molar-refractivity contribution < 1.29 is 4.79 Å². The molecule has 0 saturated carbocycles. The number of pyridine rings is 1. The number of Topliss-reactive ketones (excluding diaryl/α,β-unsaturated/α-hetero) is 1. The Balaban J connectivity index is 2.48. The monoisotopic (exact) mass is 259 g/mol. The van der Waals surface area contributed by atoms with Gasteiger partial charge in [-0.1, -0.05) is 18.7 Å². The van der Waals surface area contributed by atoms with Gasteiger partial charge >= 0.3 is 0 Å². The minimum atomic E-state index is 0.0789. The molecule has 4 nitrogen and oxygen atoms in total. The Bertz CT molecular complexity index is 639. The number of ketones is 1. The Morgan fingerprint density at radius 2 is 2.39 bits per heavy atom. The molecule has 0 amide bonds. The maximum absolute atomic E-state index is 11.0. The molecule has 2 aromatic heterocycles. The fourth-order valence-electron chi connectivity index (χ4n) is 1.66. The number of rotatable bonds is 4. The Morgan fingerprint density at radius 1 is 1.61 bits per heavy atom. The van der Waals surface area contributed by atoms with Crippen molar-refractivity contribution in [3.63, 3.8) is 0 Å². The minimum absolute atomic E-state index is 0.0789. The molecular formula is C13H13N3OS. The zero-order valence-electron chi connectivity index (χ0n) is 10.3. The van der Waals surface area contributed by atoms with Gasteiger partial charge < -0.3 is 0 Å². The van der Waals surface area contributed by atoms with Crippen LogP contribution in [0.15, 0.2) is 23.4 Å². The Kier molecular flexibility index (Phi) is 3.68. The summed E-state index contributed by atoms with van der Waals surface area (Å²) < 4.78 is 1.69. The predicted octanol–water partition coefficient (Wildman–Crippen LogP) is 2.45. The summed E-state index contributed by atoms with van der Waals surface area (Å²) in [6, 6.07) is 6.14. The molecule has 18 heavy (non-hydrogen) atoms. The van der Waals surface area contributed by atoms with E-state index in [1.807, 2.05) is 18.3 Å². The molecule has 2 rings (SSSR count). The van der Waals surface area contributed by atoms with Crippen LogP contribution in [0.4, 0.5) is 0 Å². The molecule has 0 fully saturated rings. The van der Waals surface area contributed by atoms with Gasteiger partial charge in [0.05, 0.1) is 11.3 Å². The molecule has 5 heteroatoms.